The molecule has 1 amide bonds. The largest absolute Gasteiger partial charge is 0.573 e. The first kappa shape index (κ1) is 18.1. The molecule has 0 spiro atoms. The second kappa shape index (κ2) is 7.11. The van der Waals surface area contributed by atoms with Crippen LogP contribution in [0.4, 0.5) is 18.9 Å². The quantitative estimate of drug-likeness (QED) is 0.773. The average molecular weight is 378 g/mol. The fraction of sp³-hybridized carbons (Fsp3) is 0.0667. The lowest BCUT2D eigenvalue weighted by Crippen LogP contribution is -2.18. The molecule has 0 bridgehead atoms. The van der Waals surface area contributed by atoms with E-state index in [1.807, 2.05) is 0 Å². The number of amides is 1. The first-order chi connectivity index (χ1) is 11.2. The van der Waals surface area contributed by atoms with Crippen LogP contribution < -0.4 is 10.1 Å². The van der Waals surface area contributed by atoms with Gasteiger partial charge in [-0.25, -0.2) is 0 Å². The Hall–Kier alpha value is -2.25. The molecule has 0 aliphatic carbocycles. The van der Waals surface area contributed by atoms with Crippen LogP contribution >= 0.6 is 23.2 Å². The lowest BCUT2D eigenvalue weighted by Gasteiger charge is -2.11. The zero-order valence-electron chi connectivity index (χ0n) is 11.7. The van der Waals surface area contributed by atoms with Gasteiger partial charge in [-0.1, -0.05) is 23.7 Å². The van der Waals surface area contributed by atoms with E-state index in [0.29, 0.717) is 0 Å². The number of carbonyl (C=O) groups excluding carboxylic acids is 2. The van der Waals surface area contributed by atoms with Gasteiger partial charge in [-0.05, 0) is 41.9 Å². The van der Waals surface area contributed by atoms with E-state index in [1.165, 1.54) is 30.3 Å². The SMILES string of the molecule is O=C(Nc1cccc(C(=O)Cl)c1Cl)c1cccc(OC(F)(F)F)c1. The summed E-state index contributed by atoms with van der Waals surface area (Å²) >= 11 is 11.3. The first-order valence-electron chi connectivity index (χ1n) is 6.33. The fourth-order valence-electron chi connectivity index (χ4n) is 1.81. The number of alkyl halides is 3. The number of benzene rings is 2. The summed E-state index contributed by atoms with van der Waals surface area (Å²) in [6.07, 6.45) is -4.87. The average Bonchev–Trinajstić information content (AvgIpc) is 2.47. The van der Waals surface area contributed by atoms with Gasteiger partial charge in [0.05, 0.1) is 16.3 Å². The molecule has 1 N–H and O–H groups in total. The normalized spacial score (nSPS) is 11.0. The Morgan fingerprint density at radius 2 is 1.75 bits per heavy atom. The number of anilines is 1. The highest BCUT2D eigenvalue weighted by Crippen LogP contribution is 2.28. The molecule has 0 radical (unpaired) electrons. The smallest absolute Gasteiger partial charge is 0.406 e. The van der Waals surface area contributed by atoms with Crippen molar-refractivity contribution in [3.05, 3.63) is 58.6 Å². The number of carbonyl (C=O) groups is 2. The van der Waals surface area contributed by atoms with Crippen LogP contribution in [0.25, 0.3) is 0 Å². The molecule has 2 rings (SSSR count). The molecule has 0 saturated heterocycles. The van der Waals surface area contributed by atoms with Gasteiger partial charge in [-0.3, -0.25) is 9.59 Å². The Balaban J connectivity index is 2.23. The molecule has 2 aromatic rings. The molecule has 2 aromatic carbocycles. The molecular formula is C15H8Cl2F3NO3. The highest BCUT2D eigenvalue weighted by Gasteiger charge is 2.31. The minimum Gasteiger partial charge on any atom is -0.406 e. The van der Waals surface area contributed by atoms with Crippen LogP contribution in [-0.4, -0.2) is 17.5 Å². The van der Waals surface area contributed by atoms with Crippen LogP contribution in [0.3, 0.4) is 0 Å². The third-order valence-electron chi connectivity index (χ3n) is 2.79. The van der Waals surface area contributed by atoms with E-state index in [9.17, 15) is 22.8 Å². The summed E-state index contributed by atoms with van der Waals surface area (Å²) in [6.45, 7) is 0. The summed E-state index contributed by atoms with van der Waals surface area (Å²) in [5.74, 6) is -1.27. The van der Waals surface area contributed by atoms with Gasteiger partial charge in [-0.2, -0.15) is 0 Å². The van der Waals surface area contributed by atoms with Crippen molar-refractivity contribution in [2.24, 2.45) is 0 Å². The van der Waals surface area contributed by atoms with Gasteiger partial charge >= 0.3 is 6.36 Å². The monoisotopic (exact) mass is 377 g/mol. The minimum absolute atomic E-state index is 0.00899. The van der Waals surface area contributed by atoms with E-state index < -0.39 is 23.3 Å². The maximum atomic E-state index is 12.2. The maximum absolute atomic E-state index is 12.2. The van der Waals surface area contributed by atoms with E-state index in [4.69, 9.17) is 23.2 Å². The Bertz CT molecular complexity index is 794. The summed E-state index contributed by atoms with van der Waals surface area (Å²) in [4.78, 5) is 23.3. The van der Waals surface area contributed by atoms with Crippen molar-refractivity contribution in [3.8, 4) is 5.75 Å². The maximum Gasteiger partial charge on any atom is 0.573 e. The van der Waals surface area contributed by atoms with E-state index in [-0.39, 0.29) is 21.8 Å². The van der Waals surface area contributed by atoms with E-state index in [0.717, 1.165) is 12.1 Å². The van der Waals surface area contributed by atoms with Crippen LogP contribution in [0.1, 0.15) is 20.7 Å². The van der Waals surface area contributed by atoms with Crippen molar-refractivity contribution in [3.63, 3.8) is 0 Å². The summed E-state index contributed by atoms with van der Waals surface area (Å²) in [7, 11) is 0. The number of ether oxygens (including phenoxy) is 1. The van der Waals surface area contributed by atoms with Crippen molar-refractivity contribution >= 4 is 40.0 Å². The second-order valence-electron chi connectivity index (χ2n) is 4.47. The van der Waals surface area contributed by atoms with Gasteiger partial charge in [0.2, 0.25) is 0 Å². The minimum atomic E-state index is -4.87. The zero-order valence-corrected chi connectivity index (χ0v) is 13.2. The van der Waals surface area contributed by atoms with Gasteiger partial charge in [0, 0.05) is 5.56 Å². The molecular weight excluding hydrogens is 370 g/mol. The molecule has 126 valence electrons. The van der Waals surface area contributed by atoms with Crippen LogP contribution in [0, 0.1) is 0 Å². The third-order valence-corrected chi connectivity index (χ3v) is 3.40. The number of rotatable bonds is 4. The molecule has 0 unspecified atom stereocenters. The molecule has 0 aliphatic heterocycles. The summed E-state index contributed by atoms with van der Waals surface area (Å²) in [6, 6.07) is 8.74. The molecule has 0 heterocycles. The van der Waals surface area contributed by atoms with Crippen molar-refractivity contribution in [2.75, 3.05) is 5.32 Å². The van der Waals surface area contributed by atoms with E-state index in [2.05, 4.69) is 10.1 Å². The second-order valence-corrected chi connectivity index (χ2v) is 5.19. The Morgan fingerprint density at radius 1 is 1.08 bits per heavy atom. The number of halogens is 5. The lowest BCUT2D eigenvalue weighted by molar-refractivity contribution is -0.274. The molecule has 0 atom stereocenters. The van der Waals surface area contributed by atoms with Gasteiger partial charge in [0.25, 0.3) is 11.1 Å². The fourth-order valence-corrected chi connectivity index (χ4v) is 2.27. The van der Waals surface area contributed by atoms with Crippen LogP contribution in [0.2, 0.25) is 5.02 Å². The van der Waals surface area contributed by atoms with Crippen LogP contribution in [0.5, 0.6) is 5.75 Å². The van der Waals surface area contributed by atoms with Crippen molar-refractivity contribution in [2.45, 2.75) is 6.36 Å². The highest BCUT2D eigenvalue weighted by atomic mass is 35.5. The van der Waals surface area contributed by atoms with Gasteiger partial charge in [0.1, 0.15) is 5.75 Å². The molecule has 9 heteroatoms. The van der Waals surface area contributed by atoms with Crippen LogP contribution in [0.15, 0.2) is 42.5 Å². The van der Waals surface area contributed by atoms with Gasteiger partial charge < -0.3 is 10.1 Å². The van der Waals surface area contributed by atoms with Gasteiger partial charge in [-0.15, -0.1) is 13.2 Å². The summed E-state index contributed by atoms with van der Waals surface area (Å²) in [5.41, 5.74) is -0.00369. The van der Waals surface area contributed by atoms with Crippen molar-refractivity contribution < 1.29 is 27.5 Å². The van der Waals surface area contributed by atoms with E-state index >= 15 is 0 Å². The van der Waals surface area contributed by atoms with Crippen LogP contribution in [-0.2, 0) is 0 Å². The standard InChI is InChI=1S/C15H8Cl2F3NO3/c16-12-10(13(17)22)5-2-6-11(12)21-14(23)8-3-1-4-9(7-8)24-15(18,19)20/h1-7H,(H,21,23). The predicted octanol–water partition coefficient (Wildman–Crippen LogP) is 4.87. The molecule has 0 fully saturated rings. The molecule has 0 aromatic heterocycles. The Kier molecular flexibility index (Phi) is 5.36. The predicted molar refractivity (Wildman–Crippen MR) is 82.7 cm³/mol. The topological polar surface area (TPSA) is 55.4 Å². The van der Waals surface area contributed by atoms with Gasteiger partial charge in [0.15, 0.2) is 0 Å². The highest BCUT2D eigenvalue weighted by molar-refractivity contribution is 6.69. The molecule has 0 aliphatic rings. The van der Waals surface area contributed by atoms with Crippen molar-refractivity contribution in [1.82, 2.24) is 0 Å². The number of hydrogen-bond donors (Lipinski definition) is 1. The lowest BCUT2D eigenvalue weighted by atomic mass is 10.1. The molecule has 24 heavy (non-hydrogen) atoms. The summed E-state index contributed by atoms with van der Waals surface area (Å²) in [5, 5.41) is 1.51. The molecule has 0 saturated carbocycles. The number of hydrogen-bond acceptors (Lipinski definition) is 3. The first-order valence-corrected chi connectivity index (χ1v) is 7.08. The van der Waals surface area contributed by atoms with Crippen molar-refractivity contribution in [1.29, 1.82) is 0 Å². The summed E-state index contributed by atoms with van der Waals surface area (Å²) < 4.78 is 40.4. The Labute approximate surface area is 144 Å². The Morgan fingerprint density at radius 3 is 2.38 bits per heavy atom. The third kappa shape index (κ3) is 4.62. The molecule has 4 nitrogen and oxygen atoms in total. The van der Waals surface area contributed by atoms with E-state index in [1.54, 1.807) is 0 Å². The zero-order chi connectivity index (χ0) is 17.9. The number of nitrogens with one attached hydrogen (secondary N) is 1.